The van der Waals surface area contributed by atoms with Crippen molar-refractivity contribution in [2.45, 2.75) is 20.1 Å². The van der Waals surface area contributed by atoms with Crippen LogP contribution in [-0.4, -0.2) is 13.0 Å². The van der Waals surface area contributed by atoms with Crippen molar-refractivity contribution >= 4 is 12.0 Å². The lowest BCUT2D eigenvalue weighted by Gasteiger charge is -2.12. The van der Waals surface area contributed by atoms with E-state index in [1.165, 1.54) is 12.3 Å². The topological polar surface area (TPSA) is 84.5 Å². The lowest BCUT2D eigenvalue weighted by Crippen LogP contribution is -2.23. The van der Waals surface area contributed by atoms with E-state index < -0.39 is 5.91 Å². The highest BCUT2D eigenvalue weighted by Gasteiger charge is 2.11. The molecule has 30 heavy (non-hydrogen) atoms. The van der Waals surface area contributed by atoms with E-state index in [-0.39, 0.29) is 12.1 Å². The second kappa shape index (κ2) is 9.99. The molecule has 0 spiro atoms. The molecule has 0 aliphatic carbocycles. The minimum Gasteiger partial charge on any atom is -0.493 e. The van der Waals surface area contributed by atoms with E-state index in [4.69, 9.17) is 13.9 Å². The average Bonchev–Trinajstić information content (AvgIpc) is 3.28. The number of carbonyl (C=O) groups is 1. The fourth-order valence-electron chi connectivity index (χ4n) is 2.85. The molecule has 0 bridgehead atoms. The summed E-state index contributed by atoms with van der Waals surface area (Å²) < 4.78 is 16.5. The summed E-state index contributed by atoms with van der Waals surface area (Å²) in [6.07, 6.45) is 3.03. The maximum absolute atomic E-state index is 12.3. The van der Waals surface area contributed by atoms with E-state index in [1.54, 1.807) is 37.4 Å². The Morgan fingerprint density at radius 2 is 2.03 bits per heavy atom. The van der Waals surface area contributed by atoms with Crippen molar-refractivity contribution in [3.05, 3.63) is 88.9 Å². The number of hydrogen-bond donors (Lipinski definition) is 1. The van der Waals surface area contributed by atoms with Gasteiger partial charge in [0, 0.05) is 0 Å². The number of nitrogens with zero attached hydrogens (tertiary/aromatic N) is 1. The molecule has 1 aromatic heterocycles. The van der Waals surface area contributed by atoms with E-state index in [2.05, 4.69) is 11.4 Å². The summed E-state index contributed by atoms with van der Waals surface area (Å²) in [6, 6.07) is 18.7. The number of methoxy groups -OCH3 is 1. The fourth-order valence-corrected chi connectivity index (χ4v) is 2.85. The highest BCUT2D eigenvalue weighted by molar-refractivity contribution is 6.01. The van der Waals surface area contributed by atoms with Crippen molar-refractivity contribution in [3.8, 4) is 17.6 Å². The van der Waals surface area contributed by atoms with Crippen LogP contribution in [0.1, 0.15) is 22.5 Å². The predicted molar refractivity (Wildman–Crippen MR) is 113 cm³/mol. The lowest BCUT2D eigenvalue weighted by molar-refractivity contribution is -0.117. The van der Waals surface area contributed by atoms with Crippen LogP contribution in [0, 0.1) is 18.3 Å². The quantitative estimate of drug-likeness (QED) is 0.446. The number of nitriles is 1. The Morgan fingerprint density at radius 3 is 2.73 bits per heavy atom. The molecule has 3 aromatic rings. The van der Waals surface area contributed by atoms with Gasteiger partial charge < -0.3 is 19.2 Å². The molecule has 0 saturated heterocycles. The van der Waals surface area contributed by atoms with Gasteiger partial charge in [-0.25, -0.2) is 0 Å². The minimum atomic E-state index is -0.479. The molecule has 2 aromatic carbocycles. The molecule has 0 aliphatic heterocycles. The molecule has 0 atom stereocenters. The van der Waals surface area contributed by atoms with Gasteiger partial charge in [-0.15, -0.1) is 0 Å². The van der Waals surface area contributed by atoms with Crippen molar-refractivity contribution in [1.82, 2.24) is 5.32 Å². The molecular formula is C24H22N2O4. The highest BCUT2D eigenvalue weighted by Crippen LogP contribution is 2.29. The van der Waals surface area contributed by atoms with Crippen LogP contribution in [0.4, 0.5) is 0 Å². The molecule has 0 saturated carbocycles. The number of ether oxygens (including phenoxy) is 2. The van der Waals surface area contributed by atoms with Gasteiger partial charge in [-0.1, -0.05) is 35.9 Å². The second-order valence-corrected chi connectivity index (χ2v) is 6.62. The maximum Gasteiger partial charge on any atom is 0.262 e. The number of aryl methyl sites for hydroxylation is 1. The van der Waals surface area contributed by atoms with Gasteiger partial charge in [0.1, 0.15) is 24.0 Å². The van der Waals surface area contributed by atoms with Gasteiger partial charge in [-0.2, -0.15) is 5.26 Å². The summed E-state index contributed by atoms with van der Waals surface area (Å²) in [5, 5.41) is 12.0. The highest BCUT2D eigenvalue weighted by atomic mass is 16.5. The number of amides is 1. The number of nitrogens with one attached hydrogen (secondary N) is 1. The third-order valence-electron chi connectivity index (χ3n) is 4.34. The van der Waals surface area contributed by atoms with Gasteiger partial charge in [0.25, 0.3) is 5.91 Å². The standard InChI is InChI=1S/C24H22N2O4/c1-17-5-3-6-19(11-17)16-30-22-9-8-18(13-23(22)28-2)12-20(14-25)24(27)26-15-21-7-4-10-29-21/h3-13H,15-16H2,1-2H3,(H,26,27)/b20-12+. The number of hydrogen-bond acceptors (Lipinski definition) is 5. The predicted octanol–water partition coefficient (Wildman–Crippen LogP) is 4.40. The molecule has 1 N–H and O–H groups in total. The second-order valence-electron chi connectivity index (χ2n) is 6.62. The molecule has 1 heterocycles. The van der Waals surface area contributed by atoms with Crippen LogP contribution >= 0.6 is 0 Å². The van der Waals surface area contributed by atoms with Gasteiger partial charge in [0.05, 0.1) is 19.9 Å². The largest absolute Gasteiger partial charge is 0.493 e. The zero-order valence-electron chi connectivity index (χ0n) is 16.8. The van der Waals surface area contributed by atoms with E-state index in [0.717, 1.165) is 11.1 Å². The molecule has 0 aliphatic rings. The Labute approximate surface area is 175 Å². The van der Waals surface area contributed by atoms with Crippen molar-refractivity contribution in [3.63, 3.8) is 0 Å². The SMILES string of the molecule is COc1cc(/C=C(\C#N)C(=O)NCc2ccco2)ccc1OCc1cccc(C)c1. The average molecular weight is 402 g/mol. The number of rotatable bonds is 8. The van der Waals surface area contributed by atoms with Crippen molar-refractivity contribution < 1.29 is 18.7 Å². The summed E-state index contributed by atoms with van der Waals surface area (Å²) in [5.41, 5.74) is 2.86. The van der Waals surface area contributed by atoms with Crippen LogP contribution < -0.4 is 14.8 Å². The number of furan rings is 1. The lowest BCUT2D eigenvalue weighted by atomic mass is 10.1. The molecule has 3 rings (SSSR count). The van der Waals surface area contributed by atoms with Crippen LogP contribution in [0.3, 0.4) is 0 Å². The first kappa shape index (κ1) is 20.7. The molecule has 1 amide bonds. The van der Waals surface area contributed by atoms with Crippen LogP contribution in [0.5, 0.6) is 11.5 Å². The molecule has 0 fully saturated rings. The maximum atomic E-state index is 12.3. The van der Waals surface area contributed by atoms with Gasteiger partial charge in [-0.05, 0) is 48.4 Å². The monoisotopic (exact) mass is 402 g/mol. The Hall–Kier alpha value is -3.98. The van der Waals surface area contributed by atoms with E-state index in [0.29, 0.717) is 29.4 Å². The Bertz CT molecular complexity index is 1080. The van der Waals surface area contributed by atoms with Gasteiger partial charge in [0.15, 0.2) is 11.5 Å². The third kappa shape index (κ3) is 5.52. The Balaban J connectivity index is 1.70. The van der Waals surface area contributed by atoms with Gasteiger partial charge in [-0.3, -0.25) is 4.79 Å². The van der Waals surface area contributed by atoms with Gasteiger partial charge >= 0.3 is 0 Å². The van der Waals surface area contributed by atoms with E-state index >= 15 is 0 Å². The normalized spacial score (nSPS) is 10.9. The number of carbonyl (C=O) groups excluding carboxylic acids is 1. The molecule has 152 valence electrons. The molecule has 6 heteroatoms. The minimum absolute atomic E-state index is 0.0166. The Kier molecular flexibility index (Phi) is 6.91. The third-order valence-corrected chi connectivity index (χ3v) is 4.34. The van der Waals surface area contributed by atoms with Gasteiger partial charge in [0.2, 0.25) is 0 Å². The summed E-state index contributed by atoms with van der Waals surface area (Å²) >= 11 is 0. The van der Waals surface area contributed by atoms with Crippen molar-refractivity contribution in [2.75, 3.05) is 7.11 Å². The van der Waals surface area contributed by atoms with E-state index in [9.17, 15) is 10.1 Å². The molecule has 0 radical (unpaired) electrons. The Morgan fingerprint density at radius 1 is 1.17 bits per heavy atom. The fraction of sp³-hybridized carbons (Fsp3) is 0.167. The molecular weight excluding hydrogens is 380 g/mol. The molecule has 0 unspecified atom stereocenters. The van der Waals surface area contributed by atoms with Crippen LogP contribution in [0.25, 0.3) is 6.08 Å². The zero-order chi connectivity index (χ0) is 21.3. The van der Waals surface area contributed by atoms with Crippen molar-refractivity contribution in [2.24, 2.45) is 0 Å². The van der Waals surface area contributed by atoms with E-state index in [1.807, 2.05) is 31.2 Å². The zero-order valence-corrected chi connectivity index (χ0v) is 16.8. The number of benzene rings is 2. The summed E-state index contributed by atoms with van der Waals surface area (Å²) in [5.74, 6) is 1.23. The van der Waals surface area contributed by atoms with Crippen molar-refractivity contribution in [1.29, 1.82) is 5.26 Å². The first-order valence-corrected chi connectivity index (χ1v) is 9.38. The summed E-state index contributed by atoms with van der Waals surface area (Å²) in [4.78, 5) is 12.3. The van der Waals surface area contributed by atoms with Crippen LogP contribution in [-0.2, 0) is 17.9 Å². The molecule has 6 nitrogen and oxygen atoms in total. The van der Waals surface area contributed by atoms with Crippen LogP contribution in [0.15, 0.2) is 70.9 Å². The first-order chi connectivity index (χ1) is 14.6. The van der Waals surface area contributed by atoms with Crippen LogP contribution in [0.2, 0.25) is 0 Å². The summed E-state index contributed by atoms with van der Waals surface area (Å²) in [7, 11) is 1.55. The smallest absolute Gasteiger partial charge is 0.262 e. The first-order valence-electron chi connectivity index (χ1n) is 9.38. The summed E-state index contributed by atoms with van der Waals surface area (Å²) in [6.45, 7) is 2.65.